The Balaban J connectivity index is 1.67. The topological polar surface area (TPSA) is 97.7 Å². The molecule has 10 heteroatoms. The molecule has 0 fully saturated rings. The minimum absolute atomic E-state index is 0.0318. The Bertz CT molecular complexity index is 1280. The Morgan fingerprint density at radius 3 is 2.59 bits per heavy atom. The molecule has 0 spiro atoms. The largest absolute Gasteiger partial charge is 0.495 e. The second-order valence-corrected chi connectivity index (χ2v) is 10.6. The van der Waals surface area contributed by atoms with Gasteiger partial charge in [0.15, 0.2) is 0 Å². The van der Waals surface area contributed by atoms with E-state index in [4.69, 9.17) is 4.74 Å². The molecule has 0 bridgehead atoms. The number of ether oxygens (including phenoxy) is 1. The van der Waals surface area contributed by atoms with Crippen molar-refractivity contribution in [1.82, 2.24) is 4.57 Å². The van der Waals surface area contributed by atoms with Crippen LogP contribution >= 0.6 is 11.3 Å². The number of nitrogens with one attached hydrogen (secondary N) is 1. The zero-order valence-electron chi connectivity index (χ0n) is 18.5. The van der Waals surface area contributed by atoms with Crippen molar-refractivity contribution < 1.29 is 17.9 Å². The van der Waals surface area contributed by atoms with E-state index in [9.17, 15) is 18.0 Å². The molecule has 8 nitrogen and oxygen atoms in total. The van der Waals surface area contributed by atoms with Gasteiger partial charge >= 0.3 is 4.87 Å². The lowest BCUT2D eigenvalue weighted by Crippen LogP contribution is -2.31. The molecule has 0 saturated carbocycles. The molecule has 3 aromatic rings. The fourth-order valence-electron chi connectivity index (χ4n) is 3.51. The Morgan fingerprint density at radius 2 is 1.94 bits per heavy atom. The third kappa shape index (κ3) is 5.31. The maximum Gasteiger partial charge on any atom is 0.308 e. The SMILES string of the molecule is COc1ccccc1N(CCCC(=O)Nc1ccc2c(c1)sc(=O)n2C(C)C)S(C)(=O)=O. The summed E-state index contributed by atoms with van der Waals surface area (Å²) < 4.78 is 33.7. The van der Waals surface area contributed by atoms with Gasteiger partial charge in [0.05, 0.1) is 29.3 Å². The van der Waals surface area contributed by atoms with Gasteiger partial charge in [-0.15, -0.1) is 0 Å². The van der Waals surface area contributed by atoms with Gasteiger partial charge in [0.2, 0.25) is 15.9 Å². The first-order valence-electron chi connectivity index (χ1n) is 10.2. The number of methoxy groups -OCH3 is 1. The average Bonchev–Trinajstić information content (AvgIpc) is 3.05. The molecule has 0 aliphatic rings. The predicted molar refractivity (Wildman–Crippen MR) is 130 cm³/mol. The van der Waals surface area contributed by atoms with Crippen molar-refractivity contribution >= 4 is 48.9 Å². The first-order chi connectivity index (χ1) is 15.1. The molecular formula is C22H27N3O5S2. The van der Waals surface area contributed by atoms with Crippen molar-refractivity contribution in [3.63, 3.8) is 0 Å². The van der Waals surface area contributed by atoms with Crippen molar-refractivity contribution in [2.24, 2.45) is 0 Å². The molecule has 0 aliphatic carbocycles. The molecule has 1 aromatic heterocycles. The first kappa shape index (κ1) is 23.8. The number of para-hydroxylation sites is 2. The van der Waals surface area contributed by atoms with Crippen LogP contribution in [0.1, 0.15) is 32.7 Å². The normalized spacial score (nSPS) is 11.7. The molecule has 0 radical (unpaired) electrons. The molecule has 172 valence electrons. The van der Waals surface area contributed by atoms with E-state index in [-0.39, 0.29) is 29.8 Å². The highest BCUT2D eigenvalue weighted by atomic mass is 32.2. The summed E-state index contributed by atoms with van der Waals surface area (Å²) in [6.07, 6.45) is 1.60. The van der Waals surface area contributed by atoms with Crippen LogP contribution in [0.4, 0.5) is 11.4 Å². The van der Waals surface area contributed by atoms with Crippen LogP contribution in [0.15, 0.2) is 47.3 Å². The summed E-state index contributed by atoms with van der Waals surface area (Å²) in [4.78, 5) is 24.6. The summed E-state index contributed by atoms with van der Waals surface area (Å²) >= 11 is 1.14. The Morgan fingerprint density at radius 1 is 1.22 bits per heavy atom. The maximum absolute atomic E-state index is 12.5. The number of aromatic nitrogens is 1. The Labute approximate surface area is 191 Å². The lowest BCUT2D eigenvalue weighted by molar-refractivity contribution is -0.116. The van der Waals surface area contributed by atoms with E-state index in [1.807, 2.05) is 19.9 Å². The van der Waals surface area contributed by atoms with Crippen molar-refractivity contribution in [3.8, 4) is 5.75 Å². The summed E-state index contributed by atoms with van der Waals surface area (Å²) in [6, 6.07) is 12.3. The fourth-order valence-corrected chi connectivity index (χ4v) is 5.53. The van der Waals surface area contributed by atoms with Gasteiger partial charge in [-0.2, -0.15) is 0 Å². The number of rotatable bonds is 9. The number of carbonyl (C=O) groups excluding carboxylic acids is 1. The predicted octanol–water partition coefficient (Wildman–Crippen LogP) is 3.84. The van der Waals surface area contributed by atoms with Crippen LogP contribution in [0.3, 0.4) is 0 Å². The van der Waals surface area contributed by atoms with E-state index in [0.29, 0.717) is 23.5 Å². The second-order valence-electron chi connectivity index (χ2n) is 7.67. The third-order valence-corrected chi connectivity index (χ3v) is 7.03. The molecule has 32 heavy (non-hydrogen) atoms. The van der Waals surface area contributed by atoms with E-state index in [0.717, 1.165) is 27.8 Å². The van der Waals surface area contributed by atoms with Crippen LogP contribution in [-0.2, 0) is 14.8 Å². The highest BCUT2D eigenvalue weighted by molar-refractivity contribution is 7.92. The van der Waals surface area contributed by atoms with Gasteiger partial charge in [-0.3, -0.25) is 18.5 Å². The van der Waals surface area contributed by atoms with E-state index in [1.54, 1.807) is 41.0 Å². The second kappa shape index (κ2) is 9.74. The number of anilines is 2. The number of nitrogens with zero attached hydrogens (tertiary/aromatic N) is 2. The number of fused-ring (bicyclic) bond motifs is 1. The minimum atomic E-state index is -3.55. The van der Waals surface area contributed by atoms with E-state index in [1.165, 1.54) is 11.4 Å². The first-order valence-corrected chi connectivity index (χ1v) is 12.8. The molecule has 0 aliphatic heterocycles. The number of hydrogen-bond donors (Lipinski definition) is 1. The number of amides is 1. The van der Waals surface area contributed by atoms with E-state index >= 15 is 0 Å². The number of benzene rings is 2. The van der Waals surface area contributed by atoms with Gasteiger partial charge in [0.25, 0.3) is 0 Å². The number of thiazole rings is 1. The molecule has 0 saturated heterocycles. The fraction of sp³-hybridized carbons (Fsp3) is 0.364. The third-order valence-electron chi connectivity index (χ3n) is 4.93. The van der Waals surface area contributed by atoms with Crippen molar-refractivity contribution in [2.75, 3.05) is 29.5 Å². The van der Waals surface area contributed by atoms with Gasteiger partial charge in [0, 0.05) is 24.7 Å². The highest BCUT2D eigenvalue weighted by Gasteiger charge is 2.21. The molecule has 3 rings (SSSR count). The van der Waals surface area contributed by atoms with Crippen LogP contribution < -0.4 is 19.2 Å². The molecule has 1 amide bonds. The molecule has 2 aromatic carbocycles. The van der Waals surface area contributed by atoms with Crippen LogP contribution in [-0.4, -0.2) is 38.8 Å². The quantitative estimate of drug-likeness (QED) is 0.505. The summed E-state index contributed by atoms with van der Waals surface area (Å²) in [5.41, 5.74) is 1.88. The molecular weight excluding hydrogens is 450 g/mol. The maximum atomic E-state index is 12.5. The number of carbonyl (C=O) groups is 1. The van der Waals surface area contributed by atoms with E-state index in [2.05, 4.69) is 5.32 Å². The molecule has 1 heterocycles. The summed E-state index contributed by atoms with van der Waals surface area (Å²) in [7, 11) is -2.07. The van der Waals surface area contributed by atoms with Crippen LogP contribution in [0.5, 0.6) is 5.75 Å². The highest BCUT2D eigenvalue weighted by Crippen LogP contribution is 2.30. The van der Waals surface area contributed by atoms with Crippen molar-refractivity contribution in [3.05, 3.63) is 52.1 Å². The lowest BCUT2D eigenvalue weighted by atomic mass is 10.2. The standard InChI is InChI=1S/C22H27N3O5S2/c1-15(2)25-18-12-11-16(14-20(18)31-22(25)27)23-21(26)10-7-13-24(32(4,28)29)17-8-5-6-9-19(17)30-3/h5-6,8-9,11-12,14-15H,7,10,13H2,1-4H3,(H,23,26). The van der Waals surface area contributed by atoms with Gasteiger partial charge < -0.3 is 10.1 Å². The van der Waals surface area contributed by atoms with Crippen LogP contribution in [0.25, 0.3) is 10.2 Å². The van der Waals surface area contributed by atoms with Gasteiger partial charge in [-0.1, -0.05) is 23.5 Å². The summed E-state index contributed by atoms with van der Waals surface area (Å²) in [5.74, 6) is 0.219. The van der Waals surface area contributed by atoms with Gasteiger partial charge in [-0.25, -0.2) is 8.42 Å². The lowest BCUT2D eigenvalue weighted by Gasteiger charge is -2.24. The van der Waals surface area contributed by atoms with Crippen molar-refractivity contribution in [1.29, 1.82) is 0 Å². The monoisotopic (exact) mass is 477 g/mol. The minimum Gasteiger partial charge on any atom is -0.495 e. The van der Waals surface area contributed by atoms with Crippen LogP contribution in [0, 0.1) is 0 Å². The molecule has 0 atom stereocenters. The number of sulfonamides is 1. The summed E-state index contributed by atoms with van der Waals surface area (Å²) in [5, 5.41) is 2.83. The summed E-state index contributed by atoms with van der Waals surface area (Å²) in [6.45, 7) is 4.05. The van der Waals surface area contributed by atoms with Crippen molar-refractivity contribution in [2.45, 2.75) is 32.7 Å². The average molecular weight is 478 g/mol. The van der Waals surface area contributed by atoms with E-state index < -0.39 is 10.0 Å². The Kier molecular flexibility index (Phi) is 7.25. The van der Waals surface area contributed by atoms with Gasteiger partial charge in [-0.05, 0) is 50.6 Å². The molecule has 0 unspecified atom stereocenters. The Hall–Kier alpha value is -2.85. The van der Waals surface area contributed by atoms with Crippen LogP contribution in [0.2, 0.25) is 0 Å². The number of hydrogen-bond acceptors (Lipinski definition) is 6. The molecule has 1 N–H and O–H groups in total. The zero-order chi connectivity index (χ0) is 23.5. The smallest absolute Gasteiger partial charge is 0.308 e. The van der Waals surface area contributed by atoms with Gasteiger partial charge in [0.1, 0.15) is 5.75 Å². The zero-order valence-corrected chi connectivity index (χ0v) is 20.1.